The summed E-state index contributed by atoms with van der Waals surface area (Å²) in [4.78, 5) is 45.5. The van der Waals surface area contributed by atoms with Crippen molar-refractivity contribution in [2.75, 3.05) is 13.2 Å². The van der Waals surface area contributed by atoms with Crippen molar-refractivity contribution in [1.82, 2.24) is 15.2 Å². The van der Waals surface area contributed by atoms with E-state index >= 15 is 0 Å². The number of aromatic nitrogens is 1. The molecule has 3 aliphatic rings. The Morgan fingerprint density at radius 2 is 1.91 bits per heavy atom. The summed E-state index contributed by atoms with van der Waals surface area (Å²) in [6.45, 7) is 2.43. The van der Waals surface area contributed by atoms with E-state index < -0.39 is 23.6 Å². The fourth-order valence-corrected chi connectivity index (χ4v) is 5.96. The highest BCUT2D eigenvalue weighted by atomic mass is 35.5. The van der Waals surface area contributed by atoms with Crippen LogP contribution in [0.3, 0.4) is 0 Å². The number of ketones is 1. The van der Waals surface area contributed by atoms with Crippen LogP contribution in [0, 0.1) is 11.8 Å². The SMILES string of the molecule is CC1CCC([C@H](NC(=O)c2cccc(-c3cccnc3)c2)C(=O)N2C[C@H](Cl)[C@H]3OCC(=O)[C@H]32)CC1. The second kappa shape index (κ2) is 10.1. The van der Waals surface area contributed by atoms with Crippen LogP contribution in [0.5, 0.6) is 0 Å². The summed E-state index contributed by atoms with van der Waals surface area (Å²) in [6, 6.07) is 9.72. The maximum Gasteiger partial charge on any atom is 0.251 e. The lowest BCUT2D eigenvalue weighted by Gasteiger charge is -2.35. The molecule has 1 aromatic carbocycles. The van der Waals surface area contributed by atoms with Crippen LogP contribution in [0.1, 0.15) is 43.0 Å². The molecule has 8 heteroatoms. The van der Waals surface area contributed by atoms with Gasteiger partial charge in [0.2, 0.25) is 5.91 Å². The Hall–Kier alpha value is -2.77. The summed E-state index contributed by atoms with van der Waals surface area (Å²) in [5.41, 5.74) is 2.26. The summed E-state index contributed by atoms with van der Waals surface area (Å²) in [7, 11) is 0. The minimum Gasteiger partial charge on any atom is -0.366 e. The van der Waals surface area contributed by atoms with Gasteiger partial charge in [-0.25, -0.2) is 0 Å². The summed E-state index contributed by atoms with van der Waals surface area (Å²) in [6.07, 6.45) is 6.69. The van der Waals surface area contributed by atoms with Gasteiger partial charge in [0.1, 0.15) is 24.8 Å². The van der Waals surface area contributed by atoms with Gasteiger partial charge < -0.3 is 15.0 Å². The molecule has 3 fully saturated rings. The van der Waals surface area contributed by atoms with Gasteiger partial charge in [-0.1, -0.05) is 38.0 Å². The van der Waals surface area contributed by atoms with Gasteiger partial charge in [0.05, 0.1) is 5.38 Å². The van der Waals surface area contributed by atoms with Crippen LogP contribution in [-0.2, 0) is 14.3 Å². The average molecular weight is 496 g/mol. The summed E-state index contributed by atoms with van der Waals surface area (Å²) >= 11 is 6.44. The van der Waals surface area contributed by atoms with Gasteiger partial charge in [-0.2, -0.15) is 0 Å². The maximum atomic E-state index is 13.9. The molecular formula is C27H30ClN3O4. The topological polar surface area (TPSA) is 88.6 Å². The fraction of sp³-hybridized carbons (Fsp3) is 0.481. The Morgan fingerprint density at radius 3 is 2.66 bits per heavy atom. The van der Waals surface area contributed by atoms with Crippen molar-refractivity contribution in [3.63, 3.8) is 0 Å². The third kappa shape index (κ3) is 4.84. The number of benzene rings is 1. The van der Waals surface area contributed by atoms with Gasteiger partial charge in [-0.3, -0.25) is 19.4 Å². The molecule has 2 amide bonds. The van der Waals surface area contributed by atoms with E-state index in [9.17, 15) is 14.4 Å². The van der Waals surface area contributed by atoms with E-state index in [1.165, 1.54) is 0 Å². The van der Waals surface area contributed by atoms with Gasteiger partial charge in [0, 0.05) is 30.1 Å². The molecule has 0 bridgehead atoms. The van der Waals surface area contributed by atoms with Crippen LogP contribution in [-0.4, -0.2) is 64.2 Å². The predicted octanol–water partition coefficient (Wildman–Crippen LogP) is 3.46. The zero-order valence-electron chi connectivity index (χ0n) is 19.7. The molecule has 7 nitrogen and oxygen atoms in total. The number of carbonyl (C=O) groups excluding carboxylic acids is 3. The smallest absolute Gasteiger partial charge is 0.251 e. The van der Waals surface area contributed by atoms with E-state index in [0.29, 0.717) is 11.5 Å². The first-order valence-corrected chi connectivity index (χ1v) is 12.8. The molecule has 2 aliphatic heterocycles. The van der Waals surface area contributed by atoms with Crippen molar-refractivity contribution < 1.29 is 19.1 Å². The zero-order valence-corrected chi connectivity index (χ0v) is 20.5. The van der Waals surface area contributed by atoms with Crippen LogP contribution in [0.15, 0.2) is 48.8 Å². The second-order valence-corrected chi connectivity index (χ2v) is 10.5. The molecule has 1 aliphatic carbocycles. The van der Waals surface area contributed by atoms with Crippen molar-refractivity contribution in [1.29, 1.82) is 0 Å². The number of nitrogens with zero attached hydrogens (tertiary/aromatic N) is 2. The standard InChI is InChI=1S/C27H30ClN3O4/c1-16-7-9-17(10-8-16)23(27(34)31-14-21(28)25-24(31)22(32)15-35-25)30-26(33)19-5-2-4-18(12-19)20-6-3-11-29-13-20/h2-6,11-13,16-17,21,23-25H,7-10,14-15H2,1H3,(H,30,33)/t16?,17?,21-,23-,24+,25+/m0/s1. The molecule has 2 aromatic rings. The molecule has 5 rings (SSSR count). The number of nitrogens with one attached hydrogen (secondary N) is 1. The van der Waals surface area contributed by atoms with Crippen molar-refractivity contribution in [3.8, 4) is 11.1 Å². The summed E-state index contributed by atoms with van der Waals surface area (Å²) < 4.78 is 5.56. The Balaban J connectivity index is 1.39. The first-order chi connectivity index (χ1) is 16.9. The largest absolute Gasteiger partial charge is 0.366 e. The zero-order chi connectivity index (χ0) is 24.5. The average Bonchev–Trinajstić information content (AvgIpc) is 3.43. The monoisotopic (exact) mass is 495 g/mol. The van der Waals surface area contributed by atoms with E-state index in [0.717, 1.165) is 36.8 Å². The van der Waals surface area contributed by atoms with Gasteiger partial charge in [0.15, 0.2) is 5.78 Å². The Bertz CT molecular complexity index is 1100. The lowest BCUT2D eigenvalue weighted by molar-refractivity contribution is -0.139. The highest BCUT2D eigenvalue weighted by Crippen LogP contribution is 2.35. The molecule has 184 valence electrons. The van der Waals surface area contributed by atoms with E-state index in [1.54, 1.807) is 23.4 Å². The number of likely N-dealkylation sites (tertiary alicyclic amines) is 1. The number of halogens is 1. The van der Waals surface area contributed by atoms with E-state index in [-0.39, 0.29) is 36.7 Å². The fourth-order valence-electron chi connectivity index (χ4n) is 5.60. The quantitative estimate of drug-likeness (QED) is 0.642. The third-order valence-corrected chi connectivity index (χ3v) is 8.00. The normalized spacial score (nSPS) is 29.0. The number of amides is 2. The van der Waals surface area contributed by atoms with Crippen LogP contribution in [0.4, 0.5) is 0 Å². The Kier molecular flexibility index (Phi) is 6.89. The van der Waals surface area contributed by atoms with Crippen molar-refractivity contribution in [2.45, 2.75) is 56.2 Å². The number of Topliss-reactive ketones (excluding diaryl/α,β-unsaturated/α-hetero) is 1. The molecule has 3 heterocycles. The highest BCUT2D eigenvalue weighted by Gasteiger charge is 2.53. The summed E-state index contributed by atoms with van der Waals surface area (Å²) in [5.74, 6) is -0.0623. The molecule has 4 atom stereocenters. The maximum absolute atomic E-state index is 13.9. The first kappa shape index (κ1) is 23.9. The van der Waals surface area contributed by atoms with Crippen LogP contribution in [0.25, 0.3) is 11.1 Å². The third-order valence-electron chi connectivity index (χ3n) is 7.61. The van der Waals surface area contributed by atoms with Gasteiger partial charge in [0.25, 0.3) is 5.91 Å². The minimum atomic E-state index is -0.715. The lowest BCUT2D eigenvalue weighted by atomic mass is 9.78. The van der Waals surface area contributed by atoms with Crippen molar-refractivity contribution in [3.05, 3.63) is 54.4 Å². The number of hydrogen-bond donors (Lipinski definition) is 1. The van der Waals surface area contributed by atoms with Crippen LogP contribution < -0.4 is 5.32 Å². The number of alkyl halides is 1. The molecule has 1 N–H and O–H groups in total. The summed E-state index contributed by atoms with van der Waals surface area (Å²) in [5, 5.41) is 2.61. The van der Waals surface area contributed by atoms with Gasteiger partial charge in [-0.15, -0.1) is 11.6 Å². The lowest BCUT2D eigenvalue weighted by Crippen LogP contribution is -2.55. The van der Waals surface area contributed by atoms with E-state index in [2.05, 4.69) is 17.2 Å². The molecule has 0 radical (unpaired) electrons. The molecule has 1 aromatic heterocycles. The van der Waals surface area contributed by atoms with Crippen LogP contribution in [0.2, 0.25) is 0 Å². The molecule has 0 unspecified atom stereocenters. The van der Waals surface area contributed by atoms with E-state index in [1.807, 2.05) is 30.3 Å². The number of fused-ring (bicyclic) bond motifs is 1. The van der Waals surface area contributed by atoms with Crippen molar-refractivity contribution >= 4 is 29.2 Å². The Morgan fingerprint density at radius 1 is 1.14 bits per heavy atom. The number of carbonyl (C=O) groups is 3. The number of pyridine rings is 1. The second-order valence-electron chi connectivity index (χ2n) is 9.99. The number of ether oxygens (including phenoxy) is 1. The Labute approximate surface area is 210 Å². The highest BCUT2D eigenvalue weighted by molar-refractivity contribution is 6.22. The molecule has 2 saturated heterocycles. The predicted molar refractivity (Wildman–Crippen MR) is 132 cm³/mol. The number of rotatable bonds is 5. The van der Waals surface area contributed by atoms with Gasteiger partial charge in [-0.05, 0) is 48.4 Å². The molecular weight excluding hydrogens is 466 g/mol. The first-order valence-electron chi connectivity index (χ1n) is 12.3. The van der Waals surface area contributed by atoms with E-state index in [4.69, 9.17) is 16.3 Å². The van der Waals surface area contributed by atoms with Crippen LogP contribution >= 0.6 is 11.6 Å². The minimum absolute atomic E-state index is 0.00871. The molecule has 35 heavy (non-hydrogen) atoms. The number of hydrogen-bond acceptors (Lipinski definition) is 5. The molecule has 0 spiro atoms. The van der Waals surface area contributed by atoms with Crippen molar-refractivity contribution in [2.24, 2.45) is 11.8 Å². The molecule has 1 saturated carbocycles. The van der Waals surface area contributed by atoms with Gasteiger partial charge >= 0.3 is 0 Å².